The molecule has 2 saturated heterocycles. The highest BCUT2D eigenvalue weighted by Gasteiger charge is 2.52. The van der Waals surface area contributed by atoms with Crippen LogP contribution in [0.5, 0.6) is 0 Å². The molecule has 3 fully saturated rings. The molecule has 1 saturated carbocycles. The number of nitrogens with zero attached hydrogens (tertiary/aromatic N) is 1. The fraction of sp³-hybridized carbons (Fsp3) is 0.920. The first kappa shape index (κ1) is 34.9. The van der Waals surface area contributed by atoms with Gasteiger partial charge in [-0.1, -0.05) is 0 Å². The third-order valence-corrected chi connectivity index (χ3v) is 8.02. The molecular weight excluding hydrogens is 556 g/mol. The van der Waals surface area contributed by atoms with E-state index in [4.69, 9.17) is 47.6 Å². The Morgan fingerprint density at radius 1 is 1.12 bits per heavy atom. The van der Waals surface area contributed by atoms with Gasteiger partial charge in [0.2, 0.25) is 5.91 Å². The summed E-state index contributed by atoms with van der Waals surface area (Å²) >= 11 is 0. The van der Waals surface area contributed by atoms with Gasteiger partial charge < -0.3 is 78.7 Å². The predicted molar refractivity (Wildman–Crippen MR) is 151 cm³/mol. The highest BCUT2D eigenvalue weighted by Crippen LogP contribution is 2.32. The van der Waals surface area contributed by atoms with E-state index in [-0.39, 0.29) is 51.0 Å². The zero-order chi connectivity index (χ0) is 31.2. The van der Waals surface area contributed by atoms with E-state index in [1.807, 2.05) is 0 Å². The van der Waals surface area contributed by atoms with Gasteiger partial charge in [-0.05, 0) is 46.2 Å². The van der Waals surface area contributed by atoms with Crippen molar-refractivity contribution < 1.29 is 44.2 Å². The van der Waals surface area contributed by atoms with Crippen molar-refractivity contribution in [1.82, 2.24) is 10.6 Å². The molecule has 16 N–H and O–H groups in total. The molecule has 2 aliphatic heterocycles. The van der Waals surface area contributed by atoms with Crippen LogP contribution in [0.1, 0.15) is 32.6 Å². The highest BCUT2D eigenvalue weighted by molar-refractivity contribution is 5.82. The van der Waals surface area contributed by atoms with Gasteiger partial charge in [-0.25, -0.2) is 0 Å². The summed E-state index contributed by atoms with van der Waals surface area (Å²) in [4.78, 5) is 16.9. The van der Waals surface area contributed by atoms with Crippen molar-refractivity contribution in [2.75, 3.05) is 33.3 Å². The molecule has 0 aromatic rings. The lowest BCUT2D eigenvalue weighted by atomic mass is 9.83. The minimum absolute atomic E-state index is 0.0207. The summed E-state index contributed by atoms with van der Waals surface area (Å²) in [7, 11) is 1.57. The van der Waals surface area contributed by atoms with Crippen molar-refractivity contribution in [1.29, 1.82) is 0 Å². The minimum Gasteiger partial charge on any atom is -0.388 e. The second-order valence-electron chi connectivity index (χ2n) is 11.5. The largest absolute Gasteiger partial charge is 0.388 e. The molecule has 0 aromatic heterocycles. The fourth-order valence-corrected chi connectivity index (χ4v) is 5.60. The van der Waals surface area contributed by atoms with Crippen LogP contribution < -0.4 is 39.3 Å². The number of hydrogen-bond donors (Lipinski definition) is 11. The van der Waals surface area contributed by atoms with E-state index in [2.05, 4.69) is 15.6 Å². The van der Waals surface area contributed by atoms with Crippen LogP contribution in [0.2, 0.25) is 0 Å². The van der Waals surface area contributed by atoms with Crippen molar-refractivity contribution in [2.45, 2.75) is 112 Å². The van der Waals surface area contributed by atoms with Gasteiger partial charge in [-0.2, -0.15) is 0 Å². The van der Waals surface area contributed by atoms with Gasteiger partial charge in [0.1, 0.15) is 42.0 Å². The number of carbonyl (C=O) groups is 1. The van der Waals surface area contributed by atoms with Crippen molar-refractivity contribution in [3.05, 3.63) is 0 Å². The molecule has 1 amide bonds. The molecule has 0 spiro atoms. The molecule has 13 atom stereocenters. The zero-order valence-electron chi connectivity index (χ0n) is 24.2. The second-order valence-corrected chi connectivity index (χ2v) is 11.5. The molecule has 3 aliphatic rings. The molecule has 244 valence electrons. The maximum absolute atomic E-state index is 12.7. The molecule has 0 aromatic carbocycles. The monoisotopic (exact) mass is 606 g/mol. The maximum atomic E-state index is 12.7. The van der Waals surface area contributed by atoms with Crippen LogP contribution in [0.15, 0.2) is 4.99 Å². The molecule has 7 unspecified atom stereocenters. The van der Waals surface area contributed by atoms with Crippen LogP contribution in [0.25, 0.3) is 0 Å². The number of likely N-dealkylation sites (N-methyl/N-ethyl adjacent to an activating group) is 1. The predicted octanol–water partition coefficient (Wildman–Crippen LogP) is -5.75. The lowest BCUT2D eigenvalue weighted by Gasteiger charge is -2.49. The summed E-state index contributed by atoms with van der Waals surface area (Å²) < 4.78 is 23.9. The molecule has 0 bridgehead atoms. The number of rotatable bonds is 12. The van der Waals surface area contributed by atoms with Crippen LogP contribution in [0.4, 0.5) is 0 Å². The number of hydrogen-bond acceptors (Lipinski definition) is 15. The lowest BCUT2D eigenvalue weighted by Crippen LogP contribution is -2.69. The van der Waals surface area contributed by atoms with Crippen LogP contribution in [-0.4, -0.2) is 144 Å². The summed E-state index contributed by atoms with van der Waals surface area (Å²) in [5.41, 5.74) is 28.0. The Morgan fingerprint density at radius 2 is 1.81 bits per heavy atom. The van der Waals surface area contributed by atoms with E-state index in [1.165, 1.54) is 6.92 Å². The van der Waals surface area contributed by atoms with Gasteiger partial charge >= 0.3 is 0 Å². The number of aliphatic hydroxyl groups is 4. The summed E-state index contributed by atoms with van der Waals surface area (Å²) in [6.45, 7) is 1.77. The van der Waals surface area contributed by atoms with E-state index in [1.54, 1.807) is 7.05 Å². The smallest absolute Gasteiger partial charge is 0.249 e. The third kappa shape index (κ3) is 8.53. The van der Waals surface area contributed by atoms with Gasteiger partial charge in [0.05, 0.1) is 43.9 Å². The van der Waals surface area contributed by atoms with Crippen molar-refractivity contribution >= 4 is 11.7 Å². The second kappa shape index (κ2) is 15.4. The standard InChI is InChI=1S/C25H50N8O9/c1-25(38)10-39-24(18(36)21(25)31-2)42-20-14(33-22(37)15(34)5-6-26)7-13(29)19(17(20)35)41-23-12(28)4-3-11(40-23)9-32-16(30)8-27/h11-15,17-21,23-24,31,34-36,38H,3-10,26-29H2,1-2H3,(H2,30,32)(H,33,37)/t11-,12?,13-,14+,15-,17?,18?,19?,20?,21+,23?,24+,25?/m0/s1. The van der Waals surface area contributed by atoms with Crippen molar-refractivity contribution in [2.24, 2.45) is 33.7 Å². The van der Waals surface area contributed by atoms with Crippen LogP contribution in [0.3, 0.4) is 0 Å². The highest BCUT2D eigenvalue weighted by atomic mass is 16.7. The van der Waals surface area contributed by atoms with Gasteiger partial charge in [0.15, 0.2) is 12.6 Å². The Balaban J connectivity index is 1.80. The number of aliphatic hydroxyl groups excluding tert-OH is 3. The van der Waals surface area contributed by atoms with Crippen LogP contribution in [0, 0.1) is 0 Å². The van der Waals surface area contributed by atoms with Gasteiger partial charge in [0.25, 0.3) is 0 Å². The van der Waals surface area contributed by atoms with E-state index in [9.17, 15) is 25.2 Å². The first-order chi connectivity index (χ1) is 19.8. The molecule has 3 rings (SSSR count). The third-order valence-electron chi connectivity index (χ3n) is 8.02. The van der Waals surface area contributed by atoms with Gasteiger partial charge in [0, 0.05) is 6.04 Å². The average Bonchev–Trinajstić information content (AvgIpc) is 2.94. The Kier molecular flexibility index (Phi) is 12.8. The maximum Gasteiger partial charge on any atom is 0.249 e. The zero-order valence-corrected chi connectivity index (χ0v) is 24.2. The Labute approximate surface area is 245 Å². The average molecular weight is 607 g/mol. The number of nitrogens with two attached hydrogens (primary N) is 5. The van der Waals surface area contributed by atoms with Crippen LogP contribution >= 0.6 is 0 Å². The molecule has 0 radical (unpaired) electrons. The molecular formula is C25H50N8O9. The van der Waals surface area contributed by atoms with Gasteiger partial charge in [-0.3, -0.25) is 9.79 Å². The van der Waals surface area contributed by atoms with E-state index < -0.39 is 78.8 Å². The molecule has 17 nitrogen and oxygen atoms in total. The summed E-state index contributed by atoms with van der Waals surface area (Å²) in [6.07, 6.45) is -7.82. The number of ether oxygens (including phenoxy) is 4. The number of nitrogens with one attached hydrogen (secondary N) is 2. The number of amidine groups is 1. The topological polar surface area (TPSA) is 301 Å². The van der Waals surface area contributed by atoms with Crippen LogP contribution in [-0.2, 0) is 23.7 Å². The summed E-state index contributed by atoms with van der Waals surface area (Å²) in [5.74, 6) is -0.439. The van der Waals surface area contributed by atoms with E-state index >= 15 is 0 Å². The Bertz CT molecular complexity index is 902. The van der Waals surface area contributed by atoms with Crippen molar-refractivity contribution in [3.8, 4) is 0 Å². The minimum atomic E-state index is -1.46. The summed E-state index contributed by atoms with van der Waals surface area (Å²) in [6, 6.07) is -3.08. The Morgan fingerprint density at radius 3 is 2.45 bits per heavy atom. The van der Waals surface area contributed by atoms with E-state index in [0.717, 1.165) is 0 Å². The molecule has 1 aliphatic carbocycles. The number of carbonyl (C=O) groups excluding carboxylic acids is 1. The number of aliphatic imine (C=N–C) groups is 1. The quantitative estimate of drug-likeness (QED) is 0.0728. The lowest BCUT2D eigenvalue weighted by molar-refractivity contribution is -0.307. The van der Waals surface area contributed by atoms with Gasteiger partial charge in [-0.15, -0.1) is 0 Å². The summed E-state index contributed by atoms with van der Waals surface area (Å²) in [5, 5.41) is 48.8. The molecule has 42 heavy (non-hydrogen) atoms. The fourth-order valence-electron chi connectivity index (χ4n) is 5.60. The first-order valence-electron chi connectivity index (χ1n) is 14.3. The SMILES string of the molecule is CN[C@@H]1C(O)[C@@H](OC2C(O)C(OC3O[C@H](CN=C(N)CN)CCC3N)[C@@H](N)C[C@H]2NC(=O)[C@@H](O)CCN)OCC1(C)O. The normalized spacial score (nSPS) is 42.2. The Hall–Kier alpha value is -1.58. The van der Waals surface area contributed by atoms with Crippen molar-refractivity contribution in [3.63, 3.8) is 0 Å². The number of amides is 1. The first-order valence-corrected chi connectivity index (χ1v) is 14.3. The van der Waals surface area contributed by atoms with E-state index in [0.29, 0.717) is 12.8 Å². The molecule has 17 heteroatoms. The molecule has 2 heterocycles.